The second kappa shape index (κ2) is 10.8. The maximum absolute atomic E-state index is 13.5. The average molecular weight is 597 g/mol. The number of hydrogen-bond acceptors (Lipinski definition) is 8. The van der Waals surface area contributed by atoms with Gasteiger partial charge in [0.15, 0.2) is 11.3 Å². The molecule has 4 heterocycles. The molecule has 0 radical (unpaired) electrons. The number of H-pyrrole nitrogens is 1. The van der Waals surface area contributed by atoms with E-state index in [1.807, 2.05) is 13.8 Å². The molecule has 0 atom stereocenters. The van der Waals surface area contributed by atoms with E-state index in [0.717, 1.165) is 4.31 Å². The maximum atomic E-state index is 13.5. The number of benzene rings is 1. The van der Waals surface area contributed by atoms with Crippen molar-refractivity contribution in [2.45, 2.75) is 44.3 Å². The Balaban J connectivity index is 1.56. The van der Waals surface area contributed by atoms with Crippen LogP contribution in [0.2, 0.25) is 0 Å². The van der Waals surface area contributed by atoms with E-state index in [2.05, 4.69) is 20.2 Å². The van der Waals surface area contributed by atoms with Crippen LogP contribution < -0.4 is 10.4 Å². The number of halogens is 3. The summed E-state index contributed by atoms with van der Waals surface area (Å²) in [5, 5.41) is 7.87. The van der Waals surface area contributed by atoms with Gasteiger partial charge in [0.25, 0.3) is 0 Å². The van der Waals surface area contributed by atoms with E-state index in [4.69, 9.17) is 4.74 Å². The molecule has 4 aromatic rings. The SMILES string of the molecule is CCCOc1ccc(S(=O)(=O)N2CCN(C(=O)C(F)(F)F)CC2)cc1-c1nc2c([nH]1)c1nncn1c(=O)n2CCC. The molecule has 1 aliphatic heterocycles. The highest BCUT2D eigenvalue weighted by Crippen LogP contribution is 2.34. The summed E-state index contributed by atoms with van der Waals surface area (Å²) in [6, 6.07) is 4.21. The Morgan fingerprint density at radius 1 is 1.10 bits per heavy atom. The molecule has 1 saturated heterocycles. The number of hydrogen-bond donors (Lipinski definition) is 1. The zero-order valence-electron chi connectivity index (χ0n) is 22.2. The van der Waals surface area contributed by atoms with Crippen molar-refractivity contribution in [3.8, 4) is 17.1 Å². The van der Waals surface area contributed by atoms with Crippen LogP contribution in [0.15, 0.2) is 34.2 Å². The second-order valence-corrected chi connectivity index (χ2v) is 11.4. The number of aryl methyl sites for hydroxylation is 1. The molecular weight excluding hydrogens is 569 g/mol. The van der Waals surface area contributed by atoms with Gasteiger partial charge in [0, 0.05) is 32.7 Å². The molecule has 1 aliphatic rings. The third-order valence-corrected chi connectivity index (χ3v) is 8.56. The van der Waals surface area contributed by atoms with E-state index in [9.17, 15) is 31.2 Å². The molecule has 5 rings (SSSR count). The minimum atomic E-state index is -5.03. The highest BCUT2D eigenvalue weighted by atomic mass is 32.2. The minimum absolute atomic E-state index is 0.133. The standard InChI is InChI=1S/C24H27F3N8O5S/c1-3-7-34-20-18(21-31-28-14-35(21)23(34)37)29-19(30-20)16-13-15(5-6-17(16)40-12-4-2)41(38,39)33-10-8-32(9-11-33)22(36)24(25,26)27/h5-6,13-14H,3-4,7-12H2,1-2H3,(H,29,30). The lowest BCUT2D eigenvalue weighted by Gasteiger charge is -2.34. The average Bonchev–Trinajstić information content (AvgIpc) is 3.61. The zero-order valence-corrected chi connectivity index (χ0v) is 23.0. The van der Waals surface area contributed by atoms with E-state index < -0.39 is 35.2 Å². The van der Waals surface area contributed by atoms with E-state index in [-0.39, 0.29) is 35.1 Å². The Hall–Kier alpha value is -3.99. The first-order chi connectivity index (χ1) is 19.5. The number of carbonyl (C=O) groups excluding carboxylic acids is 1. The summed E-state index contributed by atoms with van der Waals surface area (Å²) in [6.07, 6.45) is -2.41. The molecule has 1 amide bonds. The van der Waals surface area contributed by atoms with Crippen LogP contribution in [0, 0.1) is 0 Å². The number of rotatable bonds is 8. The van der Waals surface area contributed by atoms with Crippen molar-refractivity contribution in [1.29, 1.82) is 0 Å². The van der Waals surface area contributed by atoms with Crippen molar-refractivity contribution in [1.82, 2.24) is 38.3 Å². The van der Waals surface area contributed by atoms with Crippen molar-refractivity contribution in [2.75, 3.05) is 32.8 Å². The first kappa shape index (κ1) is 28.5. The zero-order chi connectivity index (χ0) is 29.5. The van der Waals surface area contributed by atoms with Gasteiger partial charge in [-0.3, -0.25) is 9.36 Å². The van der Waals surface area contributed by atoms with Crippen molar-refractivity contribution in [3.05, 3.63) is 35.0 Å². The molecular formula is C24H27F3N8O5S. The summed E-state index contributed by atoms with van der Waals surface area (Å²) in [4.78, 5) is 32.8. The smallest absolute Gasteiger partial charge is 0.471 e. The van der Waals surface area contributed by atoms with Gasteiger partial charge < -0.3 is 14.6 Å². The molecule has 0 unspecified atom stereocenters. The number of nitrogens with one attached hydrogen (secondary N) is 1. The Labute approximate surface area is 231 Å². The highest BCUT2D eigenvalue weighted by Gasteiger charge is 2.44. The number of piperazine rings is 1. The van der Waals surface area contributed by atoms with Gasteiger partial charge in [-0.1, -0.05) is 13.8 Å². The number of sulfonamides is 1. The number of imidazole rings is 1. The van der Waals surface area contributed by atoms with E-state index in [0.29, 0.717) is 53.4 Å². The number of alkyl halides is 3. The predicted molar refractivity (Wildman–Crippen MR) is 140 cm³/mol. The van der Waals surface area contributed by atoms with Gasteiger partial charge in [0.05, 0.1) is 17.1 Å². The number of fused-ring (bicyclic) bond motifs is 3. The summed E-state index contributed by atoms with van der Waals surface area (Å²) < 4.78 is 75.2. The maximum Gasteiger partial charge on any atom is 0.471 e. The lowest BCUT2D eigenvalue weighted by molar-refractivity contribution is -0.186. The van der Waals surface area contributed by atoms with Crippen LogP contribution in [0.4, 0.5) is 13.2 Å². The molecule has 41 heavy (non-hydrogen) atoms. The fraction of sp³-hybridized carbons (Fsp3) is 0.458. The summed E-state index contributed by atoms with van der Waals surface area (Å²) in [5.41, 5.74) is 0.912. The normalized spacial score (nSPS) is 15.2. The summed E-state index contributed by atoms with van der Waals surface area (Å²) in [7, 11) is -4.16. The first-order valence-electron chi connectivity index (χ1n) is 12.9. The van der Waals surface area contributed by atoms with Crippen LogP contribution >= 0.6 is 0 Å². The van der Waals surface area contributed by atoms with Crippen molar-refractivity contribution < 1.29 is 31.1 Å². The molecule has 1 fully saturated rings. The lowest BCUT2D eigenvalue weighted by Crippen LogP contribution is -2.53. The fourth-order valence-corrected chi connectivity index (χ4v) is 6.14. The third kappa shape index (κ3) is 5.14. The van der Waals surface area contributed by atoms with Gasteiger partial charge >= 0.3 is 17.8 Å². The third-order valence-electron chi connectivity index (χ3n) is 6.67. The first-order valence-corrected chi connectivity index (χ1v) is 14.4. The molecule has 1 N–H and O–H groups in total. The molecule has 220 valence electrons. The van der Waals surface area contributed by atoms with Crippen LogP contribution in [0.3, 0.4) is 0 Å². The number of amides is 1. The number of ether oxygens (including phenoxy) is 1. The summed E-state index contributed by atoms with van der Waals surface area (Å²) >= 11 is 0. The fourth-order valence-electron chi connectivity index (χ4n) is 4.69. The van der Waals surface area contributed by atoms with E-state index in [1.54, 1.807) is 0 Å². The number of aromatic amines is 1. The Kier molecular flexibility index (Phi) is 7.50. The van der Waals surface area contributed by atoms with Crippen molar-refractivity contribution >= 4 is 32.7 Å². The van der Waals surface area contributed by atoms with Crippen LogP contribution in [0.25, 0.3) is 28.2 Å². The quantitative estimate of drug-likeness (QED) is 0.325. The molecule has 3 aromatic heterocycles. The lowest BCUT2D eigenvalue weighted by atomic mass is 10.2. The van der Waals surface area contributed by atoms with Crippen LogP contribution in [-0.4, -0.2) is 91.6 Å². The molecule has 0 aliphatic carbocycles. The molecule has 0 bridgehead atoms. The van der Waals surface area contributed by atoms with Gasteiger partial charge in [0.1, 0.15) is 23.4 Å². The highest BCUT2D eigenvalue weighted by molar-refractivity contribution is 7.89. The minimum Gasteiger partial charge on any atom is -0.493 e. The van der Waals surface area contributed by atoms with Crippen LogP contribution in [-0.2, 0) is 21.4 Å². The van der Waals surface area contributed by atoms with Crippen LogP contribution in [0.5, 0.6) is 5.75 Å². The van der Waals surface area contributed by atoms with Gasteiger partial charge in [0.2, 0.25) is 10.0 Å². The second-order valence-electron chi connectivity index (χ2n) is 9.44. The van der Waals surface area contributed by atoms with Gasteiger partial charge in [-0.05, 0) is 31.0 Å². The van der Waals surface area contributed by atoms with Gasteiger partial charge in [-0.15, -0.1) is 10.2 Å². The summed E-state index contributed by atoms with van der Waals surface area (Å²) in [6.45, 7) is 3.14. The van der Waals surface area contributed by atoms with E-state index in [1.165, 1.54) is 33.5 Å². The number of nitrogens with zero attached hydrogens (tertiary/aromatic N) is 7. The number of carbonyl (C=O) groups is 1. The van der Waals surface area contributed by atoms with E-state index >= 15 is 0 Å². The molecule has 0 spiro atoms. The number of aromatic nitrogens is 6. The van der Waals surface area contributed by atoms with Crippen molar-refractivity contribution in [2.24, 2.45) is 0 Å². The Morgan fingerprint density at radius 2 is 1.83 bits per heavy atom. The van der Waals surface area contributed by atoms with Gasteiger partial charge in [-0.2, -0.15) is 17.5 Å². The largest absolute Gasteiger partial charge is 0.493 e. The predicted octanol–water partition coefficient (Wildman–Crippen LogP) is 2.03. The topological polar surface area (TPSA) is 148 Å². The Bertz CT molecular complexity index is 1770. The Morgan fingerprint density at radius 3 is 2.49 bits per heavy atom. The van der Waals surface area contributed by atoms with Crippen LogP contribution in [0.1, 0.15) is 26.7 Å². The van der Waals surface area contributed by atoms with Crippen molar-refractivity contribution in [3.63, 3.8) is 0 Å². The molecule has 13 nitrogen and oxygen atoms in total. The monoisotopic (exact) mass is 596 g/mol. The van der Waals surface area contributed by atoms with Gasteiger partial charge in [-0.25, -0.2) is 22.6 Å². The summed E-state index contributed by atoms with van der Waals surface area (Å²) in [5.74, 6) is -1.43. The molecule has 1 aromatic carbocycles. The molecule has 17 heteroatoms. The molecule has 0 saturated carbocycles.